The Kier molecular flexibility index (Phi) is 6.30. The molecule has 0 aromatic rings. The van der Waals surface area contributed by atoms with Gasteiger partial charge in [0.05, 0.1) is 6.10 Å². The van der Waals surface area contributed by atoms with Crippen molar-refractivity contribution in [3.63, 3.8) is 0 Å². The number of aldehydes is 2. The zero-order valence-electron chi connectivity index (χ0n) is 7.67. The first-order chi connectivity index (χ1) is 6.19. The van der Waals surface area contributed by atoms with Gasteiger partial charge in [-0.1, -0.05) is 6.92 Å². The molecule has 0 spiro atoms. The number of aliphatic hydroxyl groups is 1. The lowest BCUT2D eigenvalue weighted by atomic mass is 10.2. The predicted molar refractivity (Wildman–Crippen MR) is 44.1 cm³/mol. The van der Waals surface area contributed by atoms with Gasteiger partial charge in [0, 0.05) is 7.11 Å². The molecule has 0 saturated carbocycles. The fourth-order valence-corrected chi connectivity index (χ4v) is 0.821. The van der Waals surface area contributed by atoms with Gasteiger partial charge >= 0.3 is 0 Å². The summed E-state index contributed by atoms with van der Waals surface area (Å²) < 4.78 is 9.59. The summed E-state index contributed by atoms with van der Waals surface area (Å²) in [5.74, 6) is 0. The van der Waals surface area contributed by atoms with E-state index in [1.165, 1.54) is 7.11 Å². The zero-order valence-corrected chi connectivity index (χ0v) is 7.67. The zero-order chi connectivity index (χ0) is 10.3. The summed E-state index contributed by atoms with van der Waals surface area (Å²) in [4.78, 5) is 20.5. The van der Waals surface area contributed by atoms with Crippen molar-refractivity contribution in [2.24, 2.45) is 0 Å². The van der Waals surface area contributed by atoms with Gasteiger partial charge in [0.1, 0.15) is 6.10 Å². The number of ether oxygens (including phenoxy) is 2. The minimum Gasteiger partial charge on any atom is -0.383 e. The highest BCUT2D eigenvalue weighted by atomic mass is 16.7. The molecule has 13 heavy (non-hydrogen) atoms. The first-order valence-corrected chi connectivity index (χ1v) is 3.96. The van der Waals surface area contributed by atoms with E-state index >= 15 is 0 Å². The first kappa shape index (κ1) is 12.2. The summed E-state index contributed by atoms with van der Waals surface area (Å²) in [5.41, 5.74) is 0. The molecule has 0 aliphatic carbocycles. The van der Waals surface area contributed by atoms with Crippen molar-refractivity contribution in [3.05, 3.63) is 0 Å². The van der Waals surface area contributed by atoms with Gasteiger partial charge in [0.25, 0.3) is 0 Å². The normalized spacial score (nSPS) is 17.5. The monoisotopic (exact) mass is 190 g/mol. The van der Waals surface area contributed by atoms with Crippen molar-refractivity contribution < 1.29 is 24.2 Å². The molecule has 76 valence electrons. The van der Waals surface area contributed by atoms with E-state index in [9.17, 15) is 9.59 Å². The predicted octanol–water partition coefficient (Wildman–Crippen LogP) is -0.487. The molecule has 0 amide bonds. The highest BCUT2D eigenvalue weighted by Crippen LogP contribution is 2.06. The van der Waals surface area contributed by atoms with Crippen molar-refractivity contribution in [1.29, 1.82) is 0 Å². The van der Waals surface area contributed by atoms with E-state index < -0.39 is 18.5 Å². The molecule has 0 aromatic carbocycles. The van der Waals surface area contributed by atoms with Crippen LogP contribution < -0.4 is 0 Å². The van der Waals surface area contributed by atoms with Crippen LogP contribution in [0.4, 0.5) is 0 Å². The van der Waals surface area contributed by atoms with Crippen LogP contribution in [0.1, 0.15) is 13.3 Å². The second kappa shape index (κ2) is 6.71. The van der Waals surface area contributed by atoms with Crippen molar-refractivity contribution in [2.75, 3.05) is 7.11 Å². The molecule has 0 rings (SSSR count). The molecule has 0 saturated heterocycles. The molecule has 0 radical (unpaired) electrons. The first-order valence-electron chi connectivity index (χ1n) is 3.96. The summed E-state index contributed by atoms with van der Waals surface area (Å²) in [6.45, 7) is 1.73. The molecule has 0 bridgehead atoms. The molecule has 5 heteroatoms. The number of hydrogen-bond acceptors (Lipinski definition) is 5. The van der Waals surface area contributed by atoms with Crippen LogP contribution in [0, 0.1) is 0 Å². The smallest absolute Gasteiger partial charge is 0.214 e. The van der Waals surface area contributed by atoms with E-state index in [-0.39, 0.29) is 0 Å². The Morgan fingerprint density at radius 3 is 2.31 bits per heavy atom. The second-order valence-electron chi connectivity index (χ2n) is 2.45. The van der Waals surface area contributed by atoms with E-state index in [0.717, 1.165) is 0 Å². The van der Waals surface area contributed by atoms with Gasteiger partial charge in [-0.15, -0.1) is 0 Å². The third-order valence-electron chi connectivity index (χ3n) is 1.58. The van der Waals surface area contributed by atoms with Gasteiger partial charge < -0.3 is 19.4 Å². The highest BCUT2D eigenvalue weighted by molar-refractivity contribution is 5.57. The Bertz CT molecular complexity index is 159. The number of carbonyl (C=O) groups is 2. The maximum atomic E-state index is 10.3. The Hall–Kier alpha value is -0.780. The van der Waals surface area contributed by atoms with Crippen LogP contribution in [0.5, 0.6) is 0 Å². The number of carbonyl (C=O) groups excluding carboxylic acids is 2. The van der Waals surface area contributed by atoms with Gasteiger partial charge in [-0.05, 0) is 6.42 Å². The van der Waals surface area contributed by atoms with E-state index in [2.05, 4.69) is 4.74 Å². The van der Waals surface area contributed by atoms with Crippen molar-refractivity contribution in [1.82, 2.24) is 0 Å². The SMILES string of the molecule is CCC(O[C@H](C=O)OC)[C@@H](O)C=O. The van der Waals surface area contributed by atoms with Crippen LogP contribution >= 0.6 is 0 Å². The summed E-state index contributed by atoms with van der Waals surface area (Å²) >= 11 is 0. The van der Waals surface area contributed by atoms with Crippen LogP contribution in [0.3, 0.4) is 0 Å². The quantitative estimate of drug-likeness (QED) is 0.433. The molecule has 0 heterocycles. The molecule has 3 atom stereocenters. The average Bonchev–Trinajstić information content (AvgIpc) is 2.19. The Morgan fingerprint density at radius 1 is 1.38 bits per heavy atom. The minimum atomic E-state index is -1.22. The standard InChI is InChI=1S/C8H14O5/c1-3-7(6(11)4-9)13-8(5-10)12-2/h4-8,11H,3H2,1-2H3/t6-,7?,8+/m0/s1. The fourth-order valence-electron chi connectivity index (χ4n) is 0.821. The van der Waals surface area contributed by atoms with Crippen LogP contribution in [-0.2, 0) is 19.1 Å². The molecule has 0 aliphatic rings. The third-order valence-corrected chi connectivity index (χ3v) is 1.58. The van der Waals surface area contributed by atoms with Gasteiger partial charge in [0.2, 0.25) is 6.29 Å². The number of methoxy groups -OCH3 is 1. The van der Waals surface area contributed by atoms with Gasteiger partial charge in [-0.3, -0.25) is 4.79 Å². The highest BCUT2D eigenvalue weighted by Gasteiger charge is 2.21. The molecule has 5 nitrogen and oxygen atoms in total. The van der Waals surface area contributed by atoms with Crippen LogP contribution in [0.2, 0.25) is 0 Å². The lowest BCUT2D eigenvalue weighted by Gasteiger charge is -2.20. The second-order valence-corrected chi connectivity index (χ2v) is 2.45. The maximum Gasteiger partial charge on any atom is 0.214 e. The number of rotatable bonds is 7. The van der Waals surface area contributed by atoms with E-state index in [4.69, 9.17) is 9.84 Å². The van der Waals surface area contributed by atoms with Crippen LogP contribution in [0.25, 0.3) is 0 Å². The fraction of sp³-hybridized carbons (Fsp3) is 0.750. The van der Waals surface area contributed by atoms with E-state index in [1.807, 2.05) is 0 Å². The molecule has 1 unspecified atom stereocenters. The maximum absolute atomic E-state index is 10.3. The lowest BCUT2D eigenvalue weighted by molar-refractivity contribution is -0.178. The summed E-state index contributed by atoms with van der Waals surface area (Å²) in [6, 6.07) is 0. The molecule has 0 aliphatic heterocycles. The van der Waals surface area contributed by atoms with Gasteiger partial charge in [0.15, 0.2) is 12.6 Å². The summed E-state index contributed by atoms with van der Waals surface area (Å²) in [7, 11) is 1.30. The largest absolute Gasteiger partial charge is 0.383 e. The minimum absolute atomic E-state index is 0.367. The van der Waals surface area contributed by atoms with Gasteiger partial charge in [-0.2, -0.15) is 0 Å². The van der Waals surface area contributed by atoms with Gasteiger partial charge in [-0.25, -0.2) is 0 Å². The Balaban J connectivity index is 4.09. The van der Waals surface area contributed by atoms with Crippen molar-refractivity contribution in [2.45, 2.75) is 31.8 Å². The van der Waals surface area contributed by atoms with E-state index in [1.54, 1.807) is 6.92 Å². The molecule has 0 fully saturated rings. The topological polar surface area (TPSA) is 72.8 Å². The summed E-state index contributed by atoms with van der Waals surface area (Å²) in [6.07, 6.45) is -1.70. The average molecular weight is 190 g/mol. The van der Waals surface area contributed by atoms with Crippen molar-refractivity contribution >= 4 is 12.6 Å². The molecular weight excluding hydrogens is 176 g/mol. The third kappa shape index (κ3) is 4.12. The van der Waals surface area contributed by atoms with Crippen LogP contribution in [-0.4, -0.2) is 43.3 Å². The Morgan fingerprint density at radius 2 is 2.00 bits per heavy atom. The number of aliphatic hydroxyl groups excluding tert-OH is 1. The lowest BCUT2D eigenvalue weighted by Crippen LogP contribution is -2.34. The van der Waals surface area contributed by atoms with Crippen LogP contribution in [0.15, 0.2) is 0 Å². The molecule has 0 aromatic heterocycles. The Labute approximate surface area is 76.6 Å². The van der Waals surface area contributed by atoms with E-state index in [0.29, 0.717) is 19.0 Å². The van der Waals surface area contributed by atoms with Crippen molar-refractivity contribution in [3.8, 4) is 0 Å². The molecule has 1 N–H and O–H groups in total. The summed E-state index contributed by atoms with van der Waals surface area (Å²) in [5, 5.41) is 9.09. The molecular formula is C8H14O5. The number of hydrogen-bond donors (Lipinski definition) is 1.